The first-order chi connectivity index (χ1) is 5.36. The zero-order chi connectivity index (χ0) is 8.10. The summed E-state index contributed by atoms with van der Waals surface area (Å²) in [6, 6.07) is 1.95. The molecule has 0 spiro atoms. The zero-order valence-electron chi connectivity index (χ0n) is 6.76. The molecule has 0 aromatic carbocycles. The number of nitrogens with one attached hydrogen (secondary N) is 1. The minimum Gasteiger partial charge on any atom is -0.480 e. The van der Waals surface area contributed by atoms with Gasteiger partial charge in [0.1, 0.15) is 0 Å². The molecular weight excluding hydrogens is 160 g/mol. The molecule has 0 atom stereocenters. The van der Waals surface area contributed by atoms with Crippen molar-refractivity contribution in [3.05, 3.63) is 10.9 Å². The monoisotopic (exact) mass is 172 g/mol. The molecule has 3 nitrogen and oxygen atoms in total. The minimum atomic E-state index is 0.711. The van der Waals surface area contributed by atoms with Crippen molar-refractivity contribution in [2.24, 2.45) is 0 Å². The Balaban J connectivity index is 2.44. The normalized spacial score (nSPS) is 10.0. The molecule has 0 saturated heterocycles. The first-order valence-corrected chi connectivity index (χ1v) is 4.34. The summed E-state index contributed by atoms with van der Waals surface area (Å²) in [5.41, 5.74) is 0. The Kier molecular flexibility index (Phi) is 3.32. The van der Waals surface area contributed by atoms with Crippen molar-refractivity contribution in [1.82, 2.24) is 9.69 Å². The Labute approximate surface area is 70.6 Å². The predicted octanol–water partition coefficient (Wildman–Crippen LogP) is 1.26. The van der Waals surface area contributed by atoms with E-state index in [-0.39, 0.29) is 0 Å². The average molecular weight is 172 g/mol. The Morgan fingerprint density at radius 1 is 1.73 bits per heavy atom. The van der Waals surface area contributed by atoms with Crippen molar-refractivity contribution >= 4 is 11.5 Å². The quantitative estimate of drug-likeness (QED) is 0.742. The first kappa shape index (κ1) is 8.49. The predicted molar refractivity (Wildman–Crippen MR) is 46.0 cm³/mol. The van der Waals surface area contributed by atoms with Crippen LogP contribution in [-0.4, -0.2) is 18.0 Å². The molecule has 0 unspecified atom stereocenters. The van der Waals surface area contributed by atoms with E-state index in [1.54, 1.807) is 7.11 Å². The number of ether oxygens (including phenoxy) is 1. The smallest absolute Gasteiger partial charge is 0.225 e. The largest absolute Gasteiger partial charge is 0.480 e. The highest BCUT2D eigenvalue weighted by Gasteiger charge is 1.99. The van der Waals surface area contributed by atoms with Crippen LogP contribution in [0.2, 0.25) is 0 Å². The van der Waals surface area contributed by atoms with Crippen LogP contribution in [0.15, 0.2) is 6.07 Å². The Hall–Kier alpha value is -0.610. The van der Waals surface area contributed by atoms with E-state index in [9.17, 15) is 0 Å². The van der Waals surface area contributed by atoms with Gasteiger partial charge >= 0.3 is 0 Å². The highest BCUT2D eigenvalue weighted by atomic mass is 32.1. The third kappa shape index (κ3) is 2.48. The second kappa shape index (κ2) is 4.31. The molecule has 1 rings (SSSR count). The lowest BCUT2D eigenvalue weighted by Crippen LogP contribution is -2.10. The molecule has 11 heavy (non-hydrogen) atoms. The zero-order valence-corrected chi connectivity index (χ0v) is 7.57. The highest BCUT2D eigenvalue weighted by Crippen LogP contribution is 2.15. The maximum Gasteiger partial charge on any atom is 0.225 e. The van der Waals surface area contributed by atoms with Gasteiger partial charge in [-0.05, 0) is 18.1 Å². The standard InChI is InChI=1S/C7H12N2OS/c1-3-8-5-6-4-7(10-2)9-11-6/h4,8H,3,5H2,1-2H3. The molecule has 0 aliphatic heterocycles. The van der Waals surface area contributed by atoms with Crippen LogP contribution in [-0.2, 0) is 6.54 Å². The van der Waals surface area contributed by atoms with Crippen LogP contribution >= 0.6 is 11.5 Å². The summed E-state index contributed by atoms with van der Waals surface area (Å²) < 4.78 is 9.01. The van der Waals surface area contributed by atoms with Gasteiger partial charge < -0.3 is 10.1 Å². The second-order valence-corrected chi connectivity index (χ2v) is 3.01. The lowest BCUT2D eigenvalue weighted by molar-refractivity contribution is 0.402. The van der Waals surface area contributed by atoms with Crippen molar-refractivity contribution in [3.8, 4) is 5.88 Å². The maximum atomic E-state index is 4.95. The van der Waals surface area contributed by atoms with E-state index in [1.807, 2.05) is 6.07 Å². The fourth-order valence-corrected chi connectivity index (χ4v) is 1.38. The van der Waals surface area contributed by atoms with Crippen LogP contribution in [0.1, 0.15) is 11.8 Å². The van der Waals surface area contributed by atoms with Crippen LogP contribution in [0, 0.1) is 0 Å². The number of hydrogen-bond acceptors (Lipinski definition) is 4. The van der Waals surface area contributed by atoms with Gasteiger partial charge in [-0.25, -0.2) is 0 Å². The van der Waals surface area contributed by atoms with Crippen molar-refractivity contribution in [3.63, 3.8) is 0 Å². The van der Waals surface area contributed by atoms with Gasteiger partial charge in [0.15, 0.2) is 0 Å². The fraction of sp³-hybridized carbons (Fsp3) is 0.571. The SMILES string of the molecule is CCNCc1cc(OC)ns1. The average Bonchev–Trinajstić information content (AvgIpc) is 2.48. The molecule has 1 N–H and O–H groups in total. The molecule has 0 bridgehead atoms. The van der Waals surface area contributed by atoms with Gasteiger partial charge in [0.2, 0.25) is 5.88 Å². The summed E-state index contributed by atoms with van der Waals surface area (Å²) in [6.45, 7) is 3.95. The number of methoxy groups -OCH3 is 1. The minimum absolute atomic E-state index is 0.711. The van der Waals surface area contributed by atoms with E-state index in [0.29, 0.717) is 5.88 Å². The summed E-state index contributed by atoms with van der Waals surface area (Å²) >= 11 is 1.48. The molecule has 1 aromatic rings. The van der Waals surface area contributed by atoms with Crippen LogP contribution in [0.3, 0.4) is 0 Å². The summed E-state index contributed by atoms with van der Waals surface area (Å²) in [6.07, 6.45) is 0. The third-order valence-corrected chi connectivity index (χ3v) is 2.06. The lowest BCUT2D eigenvalue weighted by Gasteiger charge is -1.94. The van der Waals surface area contributed by atoms with Gasteiger partial charge in [0.25, 0.3) is 0 Å². The Bertz CT molecular complexity index is 212. The topological polar surface area (TPSA) is 34.1 Å². The maximum absolute atomic E-state index is 4.95. The molecular formula is C7H12N2OS. The molecule has 0 radical (unpaired) electrons. The summed E-state index contributed by atoms with van der Waals surface area (Å²) in [5.74, 6) is 0.711. The van der Waals surface area contributed by atoms with Crippen molar-refractivity contribution in [2.45, 2.75) is 13.5 Å². The summed E-state index contributed by atoms with van der Waals surface area (Å²) in [7, 11) is 1.63. The molecule has 1 aromatic heterocycles. The van der Waals surface area contributed by atoms with Gasteiger partial charge in [-0.2, -0.15) is 4.37 Å². The van der Waals surface area contributed by atoms with Gasteiger partial charge in [0, 0.05) is 17.5 Å². The Morgan fingerprint density at radius 2 is 2.55 bits per heavy atom. The molecule has 0 aliphatic carbocycles. The highest BCUT2D eigenvalue weighted by molar-refractivity contribution is 7.05. The summed E-state index contributed by atoms with van der Waals surface area (Å²) in [5, 5.41) is 3.22. The van der Waals surface area contributed by atoms with Crippen molar-refractivity contribution in [2.75, 3.05) is 13.7 Å². The molecule has 4 heteroatoms. The van der Waals surface area contributed by atoms with E-state index in [1.165, 1.54) is 16.4 Å². The third-order valence-electron chi connectivity index (χ3n) is 1.30. The van der Waals surface area contributed by atoms with Gasteiger partial charge in [0.05, 0.1) is 7.11 Å². The number of aromatic nitrogens is 1. The van der Waals surface area contributed by atoms with Gasteiger partial charge in [-0.3, -0.25) is 0 Å². The molecule has 0 amide bonds. The molecule has 0 fully saturated rings. The first-order valence-electron chi connectivity index (χ1n) is 3.57. The van der Waals surface area contributed by atoms with Crippen LogP contribution in [0.4, 0.5) is 0 Å². The molecule has 1 heterocycles. The molecule has 0 aliphatic rings. The van der Waals surface area contributed by atoms with Crippen LogP contribution < -0.4 is 10.1 Å². The molecule has 62 valence electrons. The van der Waals surface area contributed by atoms with E-state index in [4.69, 9.17) is 4.74 Å². The Morgan fingerprint density at radius 3 is 3.09 bits per heavy atom. The van der Waals surface area contributed by atoms with Crippen molar-refractivity contribution < 1.29 is 4.74 Å². The lowest BCUT2D eigenvalue weighted by atomic mass is 10.5. The van der Waals surface area contributed by atoms with E-state index >= 15 is 0 Å². The number of nitrogens with zero attached hydrogens (tertiary/aromatic N) is 1. The van der Waals surface area contributed by atoms with Crippen LogP contribution in [0.25, 0.3) is 0 Å². The summed E-state index contributed by atoms with van der Waals surface area (Å²) in [4.78, 5) is 1.21. The number of hydrogen-bond donors (Lipinski definition) is 1. The second-order valence-electron chi connectivity index (χ2n) is 2.12. The van der Waals surface area contributed by atoms with Gasteiger partial charge in [-0.1, -0.05) is 6.92 Å². The molecule has 0 saturated carbocycles. The van der Waals surface area contributed by atoms with E-state index in [0.717, 1.165) is 13.1 Å². The van der Waals surface area contributed by atoms with Crippen molar-refractivity contribution in [1.29, 1.82) is 0 Å². The fourth-order valence-electron chi connectivity index (χ4n) is 0.722. The van der Waals surface area contributed by atoms with E-state index in [2.05, 4.69) is 16.6 Å². The number of rotatable bonds is 4. The van der Waals surface area contributed by atoms with Crippen LogP contribution in [0.5, 0.6) is 5.88 Å². The van der Waals surface area contributed by atoms with Gasteiger partial charge in [-0.15, -0.1) is 0 Å². The van der Waals surface area contributed by atoms with E-state index < -0.39 is 0 Å².